The number of alkyl halides is 3. The van der Waals surface area contributed by atoms with E-state index in [-0.39, 0.29) is 23.7 Å². The minimum absolute atomic E-state index is 0.0787. The first-order valence-corrected chi connectivity index (χ1v) is 11.6. The molecule has 0 spiro atoms. The molecule has 0 unspecified atom stereocenters. The molecule has 0 N–H and O–H groups in total. The van der Waals surface area contributed by atoms with Crippen molar-refractivity contribution in [3.05, 3.63) is 40.9 Å². The lowest BCUT2D eigenvalue weighted by Gasteiger charge is -2.51. The standard InChI is InChI=1S/C24H26F4N4O3/c1-13-6-18(29-11-17(13)25)32(21(33)34-15-9-24(27,28)10-15)12-23-5-4-16(14(7-23)8-23)19-30-20(35-31-19)22(2,3)26/h6,11,15H,4-5,7-10,12H2,1-3H3. The smallest absolute Gasteiger partial charge is 0.415 e. The number of nitrogens with zero attached hydrogens (tertiary/aromatic N) is 4. The Hall–Kier alpha value is -2.98. The van der Waals surface area contributed by atoms with Gasteiger partial charge in [0, 0.05) is 19.4 Å². The molecule has 0 aliphatic heterocycles. The fourth-order valence-corrected chi connectivity index (χ4v) is 5.00. The normalized spacial score (nSPS) is 20.8. The van der Waals surface area contributed by atoms with Crippen LogP contribution in [-0.2, 0) is 10.4 Å². The van der Waals surface area contributed by atoms with Crippen LogP contribution in [0, 0.1) is 18.2 Å². The second kappa shape index (κ2) is 8.03. The summed E-state index contributed by atoms with van der Waals surface area (Å²) in [5, 5.41) is 3.94. The second-order valence-corrected chi connectivity index (χ2v) is 10.5. The number of carbonyl (C=O) groups is 1. The molecule has 4 aliphatic carbocycles. The van der Waals surface area contributed by atoms with E-state index < -0.39 is 42.4 Å². The molecule has 6 rings (SSSR count). The summed E-state index contributed by atoms with van der Waals surface area (Å²) >= 11 is 0. The molecule has 2 bridgehead atoms. The van der Waals surface area contributed by atoms with Crippen molar-refractivity contribution in [3.8, 4) is 0 Å². The Morgan fingerprint density at radius 2 is 2.03 bits per heavy atom. The molecular weight excluding hydrogens is 468 g/mol. The number of hydrogen-bond donors (Lipinski definition) is 0. The van der Waals surface area contributed by atoms with Gasteiger partial charge in [0.1, 0.15) is 17.7 Å². The van der Waals surface area contributed by atoms with Crippen molar-refractivity contribution in [1.82, 2.24) is 15.1 Å². The maximum Gasteiger partial charge on any atom is 0.415 e. The predicted octanol–water partition coefficient (Wildman–Crippen LogP) is 5.89. The molecule has 2 heterocycles. The number of pyridine rings is 1. The summed E-state index contributed by atoms with van der Waals surface area (Å²) in [7, 11) is 0. The van der Waals surface area contributed by atoms with Gasteiger partial charge in [-0.25, -0.2) is 27.3 Å². The second-order valence-electron chi connectivity index (χ2n) is 10.5. The number of hydrogen-bond acceptors (Lipinski definition) is 6. The minimum atomic E-state index is -2.82. The van der Waals surface area contributed by atoms with E-state index in [9.17, 15) is 22.4 Å². The predicted molar refractivity (Wildman–Crippen MR) is 117 cm³/mol. The van der Waals surface area contributed by atoms with Crippen LogP contribution in [0.1, 0.15) is 69.7 Å². The van der Waals surface area contributed by atoms with Crippen LogP contribution < -0.4 is 4.90 Å². The number of aryl methyl sites for hydroxylation is 1. The highest BCUT2D eigenvalue weighted by Gasteiger charge is 2.50. The highest BCUT2D eigenvalue weighted by Crippen LogP contribution is 2.57. The van der Waals surface area contributed by atoms with Gasteiger partial charge >= 0.3 is 6.09 Å². The summed E-state index contributed by atoms with van der Waals surface area (Å²) in [5.74, 6) is -2.81. The van der Waals surface area contributed by atoms with E-state index in [4.69, 9.17) is 9.26 Å². The number of aromatic nitrogens is 3. The Kier molecular flexibility index (Phi) is 5.45. The van der Waals surface area contributed by atoms with Crippen molar-refractivity contribution >= 4 is 17.5 Å². The summed E-state index contributed by atoms with van der Waals surface area (Å²) in [4.78, 5) is 22.6. The van der Waals surface area contributed by atoms with Gasteiger partial charge in [-0.3, -0.25) is 4.90 Å². The summed E-state index contributed by atoms with van der Waals surface area (Å²) in [6.45, 7) is 4.50. The highest BCUT2D eigenvalue weighted by atomic mass is 19.3. The molecule has 11 heteroatoms. The number of rotatable bonds is 6. The maximum atomic E-state index is 14.1. The van der Waals surface area contributed by atoms with Gasteiger partial charge in [-0.15, -0.1) is 0 Å². The quantitative estimate of drug-likeness (QED) is 0.466. The molecule has 188 valence electrons. The SMILES string of the molecule is Cc1cc(N(CC23CCC(c4noc(C(C)(C)F)n4)=C(C2)C3)C(=O)OC2CC(F)(F)C2)ncc1F. The number of fused-ring (bicyclic) bond motifs is 2. The first-order valence-electron chi connectivity index (χ1n) is 11.6. The fourth-order valence-electron chi connectivity index (χ4n) is 5.00. The average Bonchev–Trinajstić information content (AvgIpc) is 3.23. The molecule has 2 fully saturated rings. The van der Waals surface area contributed by atoms with Gasteiger partial charge < -0.3 is 9.26 Å². The summed E-state index contributed by atoms with van der Waals surface area (Å²) in [5.41, 5.74) is 0.338. The Bertz CT molecular complexity index is 1190. The van der Waals surface area contributed by atoms with Gasteiger partial charge in [0.25, 0.3) is 11.8 Å². The minimum Gasteiger partial charge on any atom is -0.445 e. The molecule has 0 atom stereocenters. The van der Waals surface area contributed by atoms with Gasteiger partial charge in [0.15, 0.2) is 11.5 Å². The van der Waals surface area contributed by atoms with Gasteiger partial charge in [0.2, 0.25) is 0 Å². The van der Waals surface area contributed by atoms with E-state index in [1.165, 1.54) is 24.8 Å². The van der Waals surface area contributed by atoms with Crippen LogP contribution in [0.25, 0.3) is 5.57 Å². The molecule has 2 aromatic heterocycles. The largest absolute Gasteiger partial charge is 0.445 e. The average molecular weight is 494 g/mol. The number of amides is 1. The van der Waals surface area contributed by atoms with Gasteiger partial charge in [-0.05, 0) is 69.1 Å². The third-order valence-corrected chi connectivity index (χ3v) is 7.06. The Morgan fingerprint density at radius 3 is 2.57 bits per heavy atom. The monoisotopic (exact) mass is 494 g/mol. The van der Waals surface area contributed by atoms with E-state index in [1.54, 1.807) is 6.92 Å². The van der Waals surface area contributed by atoms with E-state index in [0.717, 1.165) is 17.3 Å². The van der Waals surface area contributed by atoms with Crippen LogP contribution in [0.2, 0.25) is 0 Å². The van der Waals surface area contributed by atoms with Crippen LogP contribution in [0.3, 0.4) is 0 Å². The van der Waals surface area contributed by atoms with E-state index in [0.29, 0.717) is 37.1 Å². The highest BCUT2D eigenvalue weighted by molar-refractivity contribution is 5.87. The summed E-state index contributed by atoms with van der Waals surface area (Å²) in [6, 6.07) is 1.45. The molecule has 2 aromatic rings. The van der Waals surface area contributed by atoms with Crippen molar-refractivity contribution in [2.75, 3.05) is 11.4 Å². The molecule has 4 aliphatic rings. The number of anilines is 1. The van der Waals surface area contributed by atoms with Crippen LogP contribution >= 0.6 is 0 Å². The Balaban J connectivity index is 1.34. The number of halogens is 4. The summed E-state index contributed by atoms with van der Waals surface area (Å²) < 4.78 is 64.8. The van der Waals surface area contributed by atoms with E-state index in [2.05, 4.69) is 15.1 Å². The first-order chi connectivity index (χ1) is 16.3. The topological polar surface area (TPSA) is 81.4 Å². The van der Waals surface area contributed by atoms with Crippen LogP contribution in [-0.4, -0.2) is 39.8 Å². The van der Waals surface area contributed by atoms with Crippen molar-refractivity contribution in [1.29, 1.82) is 0 Å². The van der Waals surface area contributed by atoms with Crippen LogP contribution in [0.15, 0.2) is 22.4 Å². The molecule has 35 heavy (non-hydrogen) atoms. The van der Waals surface area contributed by atoms with Crippen molar-refractivity contribution in [2.24, 2.45) is 5.41 Å². The number of carbonyl (C=O) groups excluding carboxylic acids is 1. The lowest BCUT2D eigenvalue weighted by Crippen LogP contribution is -2.50. The number of ether oxygens (including phenoxy) is 1. The van der Waals surface area contributed by atoms with Crippen LogP contribution in [0.5, 0.6) is 0 Å². The Labute approximate surface area is 199 Å². The lowest BCUT2D eigenvalue weighted by molar-refractivity contribution is -0.143. The zero-order chi connectivity index (χ0) is 25.2. The van der Waals surface area contributed by atoms with Crippen molar-refractivity contribution in [3.63, 3.8) is 0 Å². The fraction of sp³-hybridized carbons (Fsp3) is 0.583. The zero-order valence-corrected chi connectivity index (χ0v) is 19.7. The molecule has 0 saturated heterocycles. The summed E-state index contributed by atoms with van der Waals surface area (Å²) in [6.07, 6.45) is 1.03. The molecule has 0 aromatic carbocycles. The molecular formula is C24H26F4N4O3. The maximum absolute atomic E-state index is 14.1. The van der Waals surface area contributed by atoms with E-state index >= 15 is 0 Å². The third-order valence-electron chi connectivity index (χ3n) is 7.06. The number of allylic oxidation sites excluding steroid dienone is 2. The van der Waals surface area contributed by atoms with Crippen molar-refractivity contribution in [2.45, 2.75) is 77.0 Å². The van der Waals surface area contributed by atoms with Crippen LogP contribution in [0.4, 0.5) is 28.2 Å². The Morgan fingerprint density at radius 1 is 1.31 bits per heavy atom. The zero-order valence-electron chi connectivity index (χ0n) is 19.7. The van der Waals surface area contributed by atoms with E-state index in [1.807, 2.05) is 0 Å². The third kappa shape index (κ3) is 4.52. The molecule has 1 amide bonds. The molecule has 7 nitrogen and oxygen atoms in total. The molecule has 0 radical (unpaired) electrons. The lowest BCUT2D eigenvalue weighted by atomic mass is 9.57. The molecule has 2 saturated carbocycles. The van der Waals surface area contributed by atoms with Gasteiger partial charge in [-0.1, -0.05) is 10.7 Å². The van der Waals surface area contributed by atoms with Crippen molar-refractivity contribution < 1.29 is 31.6 Å². The van der Waals surface area contributed by atoms with Gasteiger partial charge in [0.05, 0.1) is 6.20 Å². The van der Waals surface area contributed by atoms with Gasteiger partial charge in [-0.2, -0.15) is 4.98 Å². The first kappa shape index (κ1) is 23.7.